The standard InChI is InChI=1S/C17H15N3O3/c1-11-15(17(21)22)16(12-6-5-7-13(10-12)23-2)20(19-11)14-8-3-4-9-18-14/h3-10H,1-2H3,(H,21,22). The molecule has 0 amide bonds. The maximum atomic E-state index is 11.7. The molecule has 0 saturated carbocycles. The molecule has 3 aromatic rings. The van der Waals surface area contributed by atoms with Crippen LogP contribution in [0, 0.1) is 6.92 Å². The van der Waals surface area contributed by atoms with E-state index in [9.17, 15) is 9.90 Å². The van der Waals surface area contributed by atoms with Gasteiger partial charge in [0.05, 0.1) is 18.5 Å². The minimum Gasteiger partial charge on any atom is -0.497 e. The fraction of sp³-hybridized carbons (Fsp3) is 0.118. The Bertz CT molecular complexity index is 857. The summed E-state index contributed by atoms with van der Waals surface area (Å²) in [6, 6.07) is 12.6. The minimum atomic E-state index is -1.03. The number of aromatic nitrogens is 3. The van der Waals surface area contributed by atoms with E-state index in [4.69, 9.17) is 4.74 Å². The lowest BCUT2D eigenvalue weighted by Gasteiger charge is -2.09. The van der Waals surface area contributed by atoms with Crippen molar-refractivity contribution in [2.75, 3.05) is 7.11 Å². The third-order valence-corrected chi connectivity index (χ3v) is 3.48. The van der Waals surface area contributed by atoms with Crippen molar-refractivity contribution in [3.63, 3.8) is 0 Å². The third-order valence-electron chi connectivity index (χ3n) is 3.48. The van der Waals surface area contributed by atoms with Crippen LogP contribution < -0.4 is 4.74 Å². The van der Waals surface area contributed by atoms with Crippen molar-refractivity contribution in [3.8, 4) is 22.8 Å². The molecule has 23 heavy (non-hydrogen) atoms. The molecule has 0 bridgehead atoms. The highest BCUT2D eigenvalue weighted by Gasteiger charge is 2.23. The van der Waals surface area contributed by atoms with Gasteiger partial charge in [-0.2, -0.15) is 5.10 Å². The van der Waals surface area contributed by atoms with Crippen LogP contribution >= 0.6 is 0 Å². The molecule has 0 atom stereocenters. The number of aromatic carboxylic acids is 1. The van der Waals surface area contributed by atoms with Gasteiger partial charge in [0.1, 0.15) is 11.3 Å². The first kappa shape index (κ1) is 14.8. The quantitative estimate of drug-likeness (QED) is 0.801. The number of rotatable bonds is 4. The van der Waals surface area contributed by atoms with Gasteiger partial charge in [0.25, 0.3) is 0 Å². The summed E-state index contributed by atoms with van der Waals surface area (Å²) in [5.41, 5.74) is 1.77. The second-order valence-electron chi connectivity index (χ2n) is 4.95. The van der Waals surface area contributed by atoms with Crippen LogP contribution in [0.1, 0.15) is 16.1 Å². The summed E-state index contributed by atoms with van der Waals surface area (Å²) >= 11 is 0. The lowest BCUT2D eigenvalue weighted by molar-refractivity contribution is 0.0697. The van der Waals surface area contributed by atoms with Crippen LogP contribution in [-0.2, 0) is 0 Å². The molecule has 2 heterocycles. The van der Waals surface area contributed by atoms with E-state index in [0.29, 0.717) is 28.5 Å². The number of ether oxygens (including phenoxy) is 1. The van der Waals surface area contributed by atoms with E-state index in [-0.39, 0.29) is 5.56 Å². The molecule has 0 spiro atoms. The average Bonchev–Trinajstić information content (AvgIpc) is 2.93. The second-order valence-corrected chi connectivity index (χ2v) is 4.95. The van der Waals surface area contributed by atoms with Gasteiger partial charge < -0.3 is 9.84 Å². The summed E-state index contributed by atoms with van der Waals surface area (Å²) in [7, 11) is 1.57. The molecule has 6 heteroatoms. The van der Waals surface area contributed by atoms with Gasteiger partial charge in [-0.15, -0.1) is 0 Å². The highest BCUT2D eigenvalue weighted by molar-refractivity contribution is 5.96. The van der Waals surface area contributed by atoms with E-state index in [0.717, 1.165) is 0 Å². The zero-order valence-electron chi connectivity index (χ0n) is 12.7. The lowest BCUT2D eigenvalue weighted by Crippen LogP contribution is -2.04. The van der Waals surface area contributed by atoms with Crippen LogP contribution in [-0.4, -0.2) is 33.0 Å². The Labute approximate surface area is 133 Å². The van der Waals surface area contributed by atoms with Crippen molar-refractivity contribution in [3.05, 3.63) is 59.9 Å². The van der Waals surface area contributed by atoms with Crippen molar-refractivity contribution < 1.29 is 14.6 Å². The molecule has 116 valence electrons. The Balaban J connectivity index is 2.30. The summed E-state index contributed by atoms with van der Waals surface area (Å²) < 4.78 is 6.79. The number of nitrogens with zero attached hydrogens (tertiary/aromatic N) is 3. The van der Waals surface area contributed by atoms with Gasteiger partial charge in [0.2, 0.25) is 0 Å². The monoisotopic (exact) mass is 309 g/mol. The maximum Gasteiger partial charge on any atom is 0.339 e. The Morgan fingerprint density at radius 3 is 2.70 bits per heavy atom. The number of benzene rings is 1. The molecule has 6 nitrogen and oxygen atoms in total. The van der Waals surface area contributed by atoms with Crippen LogP contribution in [0.3, 0.4) is 0 Å². The van der Waals surface area contributed by atoms with Crippen LogP contribution in [0.25, 0.3) is 17.1 Å². The molecular weight excluding hydrogens is 294 g/mol. The molecule has 3 rings (SSSR count). The van der Waals surface area contributed by atoms with Crippen molar-refractivity contribution in [1.29, 1.82) is 0 Å². The van der Waals surface area contributed by atoms with Crippen molar-refractivity contribution in [2.24, 2.45) is 0 Å². The highest BCUT2D eigenvalue weighted by atomic mass is 16.5. The van der Waals surface area contributed by atoms with Gasteiger partial charge >= 0.3 is 5.97 Å². The number of hydrogen-bond donors (Lipinski definition) is 1. The predicted octanol–water partition coefficient (Wildman–Crippen LogP) is 2.95. The van der Waals surface area contributed by atoms with Crippen molar-refractivity contribution in [1.82, 2.24) is 14.8 Å². The first-order valence-electron chi connectivity index (χ1n) is 7.00. The van der Waals surface area contributed by atoms with E-state index >= 15 is 0 Å². The largest absolute Gasteiger partial charge is 0.497 e. The molecule has 0 aliphatic carbocycles. The number of carboxylic acids is 1. The molecule has 0 fully saturated rings. The van der Waals surface area contributed by atoms with Gasteiger partial charge in [0.15, 0.2) is 5.82 Å². The molecule has 0 saturated heterocycles. The van der Waals surface area contributed by atoms with Crippen LogP contribution in [0.5, 0.6) is 5.75 Å². The molecule has 0 radical (unpaired) electrons. The lowest BCUT2D eigenvalue weighted by atomic mass is 10.1. The van der Waals surface area contributed by atoms with Crippen molar-refractivity contribution >= 4 is 5.97 Å². The van der Waals surface area contributed by atoms with Gasteiger partial charge in [-0.1, -0.05) is 18.2 Å². The van der Waals surface area contributed by atoms with Crippen LogP contribution in [0.4, 0.5) is 0 Å². The van der Waals surface area contributed by atoms with E-state index in [2.05, 4.69) is 10.1 Å². The fourth-order valence-electron chi connectivity index (χ4n) is 2.47. The Morgan fingerprint density at radius 1 is 1.22 bits per heavy atom. The third kappa shape index (κ3) is 2.66. The molecule has 1 N–H and O–H groups in total. The number of methoxy groups -OCH3 is 1. The number of carboxylic acid groups (broad SMARTS) is 1. The number of hydrogen-bond acceptors (Lipinski definition) is 4. The molecular formula is C17H15N3O3. The minimum absolute atomic E-state index is 0.156. The van der Waals surface area contributed by atoms with E-state index < -0.39 is 5.97 Å². The number of pyridine rings is 1. The molecule has 0 unspecified atom stereocenters. The van der Waals surface area contributed by atoms with E-state index in [1.807, 2.05) is 18.2 Å². The number of aryl methyl sites for hydroxylation is 1. The van der Waals surface area contributed by atoms with E-state index in [1.165, 1.54) is 0 Å². The summed E-state index contributed by atoms with van der Waals surface area (Å²) in [4.78, 5) is 16.0. The van der Waals surface area contributed by atoms with Gasteiger partial charge in [-0.3, -0.25) is 0 Å². The normalized spacial score (nSPS) is 10.5. The maximum absolute atomic E-state index is 11.7. The highest BCUT2D eigenvalue weighted by Crippen LogP contribution is 2.30. The smallest absolute Gasteiger partial charge is 0.339 e. The Morgan fingerprint density at radius 2 is 2.04 bits per heavy atom. The molecule has 1 aromatic carbocycles. The number of carbonyl (C=O) groups is 1. The molecule has 2 aromatic heterocycles. The summed E-state index contributed by atoms with van der Waals surface area (Å²) in [6.07, 6.45) is 1.64. The first-order valence-corrected chi connectivity index (χ1v) is 7.00. The van der Waals surface area contributed by atoms with Crippen LogP contribution in [0.2, 0.25) is 0 Å². The average molecular weight is 309 g/mol. The first-order chi connectivity index (χ1) is 11.1. The second kappa shape index (κ2) is 5.92. The fourth-order valence-corrected chi connectivity index (χ4v) is 2.47. The predicted molar refractivity (Wildman–Crippen MR) is 85.0 cm³/mol. The van der Waals surface area contributed by atoms with E-state index in [1.54, 1.807) is 49.2 Å². The zero-order chi connectivity index (χ0) is 16.4. The van der Waals surface area contributed by atoms with Gasteiger partial charge in [0, 0.05) is 11.8 Å². The van der Waals surface area contributed by atoms with Gasteiger partial charge in [-0.05, 0) is 31.2 Å². The molecule has 0 aliphatic heterocycles. The van der Waals surface area contributed by atoms with Gasteiger partial charge in [-0.25, -0.2) is 14.5 Å². The summed E-state index contributed by atoms with van der Waals surface area (Å²) in [6.45, 7) is 1.67. The topological polar surface area (TPSA) is 77.2 Å². The van der Waals surface area contributed by atoms with Crippen molar-refractivity contribution in [2.45, 2.75) is 6.92 Å². The Hall–Kier alpha value is -3.15. The Kier molecular flexibility index (Phi) is 3.80. The summed E-state index contributed by atoms with van der Waals surface area (Å²) in [5.74, 6) is 0.175. The zero-order valence-corrected chi connectivity index (χ0v) is 12.7. The molecule has 0 aliphatic rings. The van der Waals surface area contributed by atoms with Crippen LogP contribution in [0.15, 0.2) is 48.7 Å². The summed E-state index contributed by atoms with van der Waals surface area (Å²) in [5, 5.41) is 14.0. The SMILES string of the molecule is COc1cccc(-c2c(C(=O)O)c(C)nn2-c2ccccn2)c1.